The molecule has 1 fully saturated rings. The van der Waals surface area contributed by atoms with E-state index in [-0.39, 0.29) is 18.4 Å². The number of thioether (sulfide) groups is 1. The van der Waals surface area contributed by atoms with Crippen LogP contribution in [0.2, 0.25) is 0 Å². The fourth-order valence-corrected chi connectivity index (χ4v) is 5.08. The van der Waals surface area contributed by atoms with E-state index in [1.807, 2.05) is 55.5 Å². The van der Waals surface area contributed by atoms with Crippen molar-refractivity contribution in [2.24, 2.45) is 0 Å². The Bertz CT molecular complexity index is 1340. The molecule has 9 heteroatoms. The molecule has 0 aliphatic carbocycles. The molecule has 3 aromatic carbocycles. The third-order valence-corrected chi connectivity index (χ3v) is 6.92. The molecular weight excluding hydrogens is 548 g/mol. The van der Waals surface area contributed by atoms with Crippen LogP contribution >= 0.6 is 39.9 Å². The van der Waals surface area contributed by atoms with Gasteiger partial charge in [0.1, 0.15) is 0 Å². The maximum atomic E-state index is 13.0. The van der Waals surface area contributed by atoms with Gasteiger partial charge >= 0.3 is 0 Å². The zero-order valence-corrected chi connectivity index (χ0v) is 22.1. The SMILES string of the molecule is COc1cc(/C=C2\SC(=S)N(c3cccc(Br)c3)C2=O)ccc1OCC(=O)Nc1ccccc1C. The number of carbonyl (C=O) groups excluding carboxylic acids is 2. The number of benzene rings is 3. The highest BCUT2D eigenvalue weighted by Crippen LogP contribution is 2.37. The zero-order chi connectivity index (χ0) is 24.9. The Morgan fingerprint density at radius 2 is 1.91 bits per heavy atom. The van der Waals surface area contributed by atoms with Crippen molar-refractivity contribution in [3.8, 4) is 11.5 Å². The van der Waals surface area contributed by atoms with E-state index < -0.39 is 0 Å². The van der Waals surface area contributed by atoms with Crippen LogP contribution in [0.5, 0.6) is 11.5 Å². The van der Waals surface area contributed by atoms with Crippen LogP contribution in [0.15, 0.2) is 76.1 Å². The van der Waals surface area contributed by atoms with Crippen molar-refractivity contribution in [2.45, 2.75) is 6.92 Å². The summed E-state index contributed by atoms with van der Waals surface area (Å²) < 4.78 is 12.5. The Kier molecular flexibility index (Phi) is 7.90. The second-order valence-corrected chi connectivity index (χ2v) is 10.2. The molecule has 35 heavy (non-hydrogen) atoms. The number of halogens is 1. The van der Waals surface area contributed by atoms with E-state index in [0.29, 0.717) is 26.4 Å². The predicted molar refractivity (Wildman–Crippen MR) is 148 cm³/mol. The molecule has 1 saturated heterocycles. The molecule has 4 rings (SSSR count). The van der Waals surface area contributed by atoms with E-state index in [1.54, 1.807) is 24.3 Å². The van der Waals surface area contributed by atoms with Crippen molar-refractivity contribution >= 4 is 73.5 Å². The van der Waals surface area contributed by atoms with E-state index in [2.05, 4.69) is 21.2 Å². The average Bonchev–Trinajstić information content (AvgIpc) is 3.12. The lowest BCUT2D eigenvalue weighted by molar-refractivity contribution is -0.118. The van der Waals surface area contributed by atoms with Gasteiger partial charge in [-0.1, -0.05) is 70.2 Å². The fourth-order valence-electron chi connectivity index (χ4n) is 3.39. The maximum absolute atomic E-state index is 13.0. The van der Waals surface area contributed by atoms with Crippen LogP contribution in [0.4, 0.5) is 11.4 Å². The molecule has 1 aliphatic heterocycles. The standard InChI is InChI=1S/C26H21BrN2O4S2/c1-16-6-3-4-9-20(16)28-24(30)15-33-21-11-10-17(12-22(21)32-2)13-23-25(31)29(26(34)35-23)19-8-5-7-18(27)14-19/h3-14H,15H2,1-2H3,(H,28,30)/b23-13-. The lowest BCUT2D eigenvalue weighted by Crippen LogP contribution is -2.27. The first-order chi connectivity index (χ1) is 16.9. The van der Waals surface area contributed by atoms with Crippen LogP contribution in [-0.2, 0) is 9.59 Å². The number of thiocarbonyl (C=S) groups is 1. The van der Waals surface area contributed by atoms with Crippen molar-refractivity contribution in [1.82, 2.24) is 0 Å². The number of amides is 2. The van der Waals surface area contributed by atoms with E-state index in [4.69, 9.17) is 21.7 Å². The Labute approximate surface area is 221 Å². The highest BCUT2D eigenvalue weighted by molar-refractivity contribution is 9.10. The maximum Gasteiger partial charge on any atom is 0.270 e. The quantitative estimate of drug-likeness (QED) is 0.271. The van der Waals surface area contributed by atoms with Gasteiger partial charge in [0.25, 0.3) is 11.8 Å². The first kappa shape index (κ1) is 25.0. The van der Waals surface area contributed by atoms with Crippen molar-refractivity contribution < 1.29 is 19.1 Å². The molecule has 0 bridgehead atoms. The van der Waals surface area contributed by atoms with Gasteiger partial charge in [0.05, 0.1) is 17.7 Å². The largest absolute Gasteiger partial charge is 0.493 e. The van der Waals surface area contributed by atoms with Gasteiger partial charge in [-0.3, -0.25) is 14.5 Å². The number of rotatable bonds is 7. The molecule has 6 nitrogen and oxygen atoms in total. The molecule has 1 aliphatic rings. The molecule has 1 heterocycles. The van der Waals surface area contributed by atoms with E-state index in [9.17, 15) is 9.59 Å². The number of nitrogens with zero attached hydrogens (tertiary/aromatic N) is 1. The monoisotopic (exact) mass is 568 g/mol. The molecule has 0 atom stereocenters. The molecule has 0 radical (unpaired) electrons. The Balaban J connectivity index is 1.46. The molecule has 0 spiro atoms. The molecule has 1 N–H and O–H groups in total. The number of anilines is 2. The molecule has 0 saturated carbocycles. The molecule has 178 valence electrons. The van der Waals surface area contributed by atoms with Crippen LogP contribution < -0.4 is 19.7 Å². The second kappa shape index (κ2) is 11.1. The Morgan fingerprint density at radius 1 is 1.11 bits per heavy atom. The summed E-state index contributed by atoms with van der Waals surface area (Å²) in [6.07, 6.45) is 1.76. The topological polar surface area (TPSA) is 67.9 Å². The van der Waals surface area contributed by atoms with Crippen molar-refractivity contribution in [3.63, 3.8) is 0 Å². The first-order valence-corrected chi connectivity index (χ1v) is 12.6. The minimum atomic E-state index is -0.276. The van der Waals surface area contributed by atoms with Crippen molar-refractivity contribution in [3.05, 3.63) is 87.2 Å². The minimum absolute atomic E-state index is 0.171. The predicted octanol–water partition coefficient (Wildman–Crippen LogP) is 6.19. The third kappa shape index (κ3) is 5.93. The summed E-state index contributed by atoms with van der Waals surface area (Å²) in [6, 6.07) is 20.2. The third-order valence-electron chi connectivity index (χ3n) is 5.12. The Hall–Kier alpha value is -3.14. The number of hydrogen-bond acceptors (Lipinski definition) is 6. The Morgan fingerprint density at radius 3 is 2.66 bits per heavy atom. The van der Waals surface area contributed by atoms with Gasteiger partial charge in [-0.05, 0) is 60.5 Å². The number of methoxy groups -OCH3 is 1. The van der Waals surface area contributed by atoms with Gasteiger partial charge in [-0.15, -0.1) is 0 Å². The van der Waals surface area contributed by atoms with Crippen LogP contribution in [0.3, 0.4) is 0 Å². The smallest absolute Gasteiger partial charge is 0.270 e. The zero-order valence-electron chi connectivity index (χ0n) is 18.9. The fraction of sp³-hybridized carbons (Fsp3) is 0.115. The molecular formula is C26H21BrN2O4S2. The number of aryl methyl sites for hydroxylation is 1. The summed E-state index contributed by atoms with van der Waals surface area (Å²) in [5, 5.41) is 2.83. The number of para-hydroxylation sites is 1. The summed E-state index contributed by atoms with van der Waals surface area (Å²) in [7, 11) is 1.52. The van der Waals surface area contributed by atoms with Gasteiger partial charge in [-0.2, -0.15) is 0 Å². The van der Waals surface area contributed by atoms with Gasteiger partial charge in [0, 0.05) is 10.2 Å². The lowest BCUT2D eigenvalue weighted by atomic mass is 10.1. The molecule has 0 unspecified atom stereocenters. The highest BCUT2D eigenvalue weighted by Gasteiger charge is 2.33. The summed E-state index contributed by atoms with van der Waals surface area (Å²) in [6.45, 7) is 1.75. The van der Waals surface area contributed by atoms with E-state index in [1.165, 1.54) is 23.8 Å². The normalized spacial score (nSPS) is 14.4. The number of ether oxygens (including phenoxy) is 2. The summed E-state index contributed by atoms with van der Waals surface area (Å²) in [5.41, 5.74) is 3.15. The van der Waals surface area contributed by atoms with Crippen molar-refractivity contribution in [1.29, 1.82) is 0 Å². The van der Waals surface area contributed by atoms with E-state index >= 15 is 0 Å². The summed E-state index contributed by atoms with van der Waals surface area (Å²) in [5.74, 6) is 0.406. The van der Waals surface area contributed by atoms with Gasteiger partial charge < -0.3 is 14.8 Å². The van der Waals surface area contributed by atoms with Crippen LogP contribution in [0.25, 0.3) is 6.08 Å². The van der Waals surface area contributed by atoms with Crippen LogP contribution in [0.1, 0.15) is 11.1 Å². The summed E-state index contributed by atoms with van der Waals surface area (Å²) in [4.78, 5) is 27.4. The summed E-state index contributed by atoms with van der Waals surface area (Å²) >= 11 is 10.1. The van der Waals surface area contributed by atoms with Crippen molar-refractivity contribution in [2.75, 3.05) is 23.9 Å². The number of carbonyl (C=O) groups is 2. The molecule has 3 aromatic rings. The van der Waals surface area contributed by atoms with E-state index in [0.717, 1.165) is 21.3 Å². The molecule has 0 aromatic heterocycles. The first-order valence-electron chi connectivity index (χ1n) is 10.6. The molecule has 2 amide bonds. The number of nitrogens with one attached hydrogen (secondary N) is 1. The second-order valence-electron chi connectivity index (χ2n) is 7.56. The van der Waals surface area contributed by atoms with Gasteiger partial charge in [0.2, 0.25) is 0 Å². The van der Waals surface area contributed by atoms with Gasteiger partial charge in [-0.25, -0.2) is 0 Å². The van der Waals surface area contributed by atoms with Crippen LogP contribution in [-0.4, -0.2) is 29.9 Å². The lowest BCUT2D eigenvalue weighted by Gasteiger charge is -2.14. The van der Waals surface area contributed by atoms with Gasteiger partial charge in [0.15, 0.2) is 22.4 Å². The number of hydrogen-bond donors (Lipinski definition) is 1. The van der Waals surface area contributed by atoms with Crippen LogP contribution in [0, 0.1) is 6.92 Å². The average molecular weight is 570 g/mol. The minimum Gasteiger partial charge on any atom is -0.493 e. The highest BCUT2D eigenvalue weighted by atomic mass is 79.9.